The van der Waals surface area contributed by atoms with Crippen LogP contribution in [0.15, 0.2) is 18.5 Å². The molecule has 0 bridgehead atoms. The number of aryl methyl sites for hydroxylation is 1. The molecule has 3 aromatic heterocycles. The molecule has 0 spiro atoms. The van der Waals surface area contributed by atoms with Gasteiger partial charge in [-0.2, -0.15) is 9.37 Å². The average molecular weight is 394 g/mol. The zero-order valence-corrected chi connectivity index (χ0v) is 15.6. The van der Waals surface area contributed by atoms with Crippen molar-refractivity contribution in [2.24, 2.45) is 0 Å². The molecule has 3 aromatic rings. The second-order valence-corrected chi connectivity index (χ2v) is 7.70. The van der Waals surface area contributed by atoms with E-state index >= 15 is 0 Å². The fraction of sp³-hybridized carbons (Fsp3) is 0.353. The van der Waals surface area contributed by atoms with Gasteiger partial charge in [-0.15, -0.1) is 11.3 Å². The summed E-state index contributed by atoms with van der Waals surface area (Å²) in [5.41, 5.74) is 1.46. The number of pyridine rings is 1. The molecular weight excluding hydrogens is 377 g/mol. The van der Waals surface area contributed by atoms with Crippen molar-refractivity contribution in [1.82, 2.24) is 20.3 Å². The van der Waals surface area contributed by atoms with Crippen LogP contribution in [0.3, 0.4) is 0 Å². The van der Waals surface area contributed by atoms with E-state index in [1.54, 1.807) is 6.07 Å². The number of nitrogens with one attached hydrogen (secondary N) is 2. The lowest BCUT2D eigenvalue weighted by Crippen LogP contribution is -2.37. The molecule has 1 saturated heterocycles. The number of hydrogen-bond acceptors (Lipinski definition) is 7. The Morgan fingerprint density at radius 3 is 3.08 bits per heavy atom. The standard InChI is InChI=1S/C17H17ClFN5OS/c1-9-13-15(21-8-22-17(13)26-14(9)18)23-11-4-5-12(19)24-16(11)25-10-3-2-6-20-7-10/h4-5,8,10,20H,2-3,6-7H2,1H3,(H,21,22,23)/t10-/m1/s1. The van der Waals surface area contributed by atoms with Gasteiger partial charge in [0.05, 0.1) is 9.72 Å². The van der Waals surface area contributed by atoms with Gasteiger partial charge in [0.15, 0.2) is 0 Å². The molecule has 0 radical (unpaired) electrons. The van der Waals surface area contributed by atoms with Gasteiger partial charge in [-0.05, 0) is 44.0 Å². The van der Waals surface area contributed by atoms with Crippen LogP contribution in [0.2, 0.25) is 4.34 Å². The van der Waals surface area contributed by atoms with E-state index in [4.69, 9.17) is 16.3 Å². The third-order valence-electron chi connectivity index (χ3n) is 4.28. The van der Waals surface area contributed by atoms with Crippen molar-refractivity contribution in [2.75, 3.05) is 18.4 Å². The van der Waals surface area contributed by atoms with Crippen LogP contribution in [0.5, 0.6) is 5.88 Å². The molecule has 4 heterocycles. The predicted octanol–water partition coefficient (Wildman–Crippen LogP) is 4.06. The first-order valence-corrected chi connectivity index (χ1v) is 9.52. The molecule has 0 aromatic carbocycles. The van der Waals surface area contributed by atoms with E-state index in [9.17, 15) is 4.39 Å². The number of thiophene rings is 1. The zero-order chi connectivity index (χ0) is 18.1. The summed E-state index contributed by atoms with van der Waals surface area (Å²) in [6, 6.07) is 2.89. The molecule has 1 fully saturated rings. The fourth-order valence-corrected chi connectivity index (χ4v) is 4.14. The van der Waals surface area contributed by atoms with Gasteiger partial charge in [0.2, 0.25) is 11.8 Å². The summed E-state index contributed by atoms with van der Waals surface area (Å²) in [5.74, 6) is 0.233. The summed E-state index contributed by atoms with van der Waals surface area (Å²) >= 11 is 7.64. The number of fused-ring (bicyclic) bond motifs is 1. The molecule has 6 nitrogen and oxygen atoms in total. The minimum absolute atomic E-state index is 0.0404. The van der Waals surface area contributed by atoms with Gasteiger partial charge in [0, 0.05) is 6.54 Å². The van der Waals surface area contributed by atoms with Gasteiger partial charge in [-0.3, -0.25) is 0 Å². The zero-order valence-electron chi connectivity index (χ0n) is 14.1. The first-order valence-electron chi connectivity index (χ1n) is 8.32. The van der Waals surface area contributed by atoms with E-state index in [0.29, 0.717) is 22.4 Å². The van der Waals surface area contributed by atoms with E-state index in [1.807, 2.05) is 6.92 Å². The van der Waals surface area contributed by atoms with Crippen molar-refractivity contribution in [3.8, 4) is 5.88 Å². The maximum absolute atomic E-state index is 13.7. The Labute approximate surface area is 158 Å². The number of piperidine rings is 1. The molecule has 0 unspecified atom stereocenters. The Balaban J connectivity index is 1.68. The highest BCUT2D eigenvalue weighted by Crippen LogP contribution is 2.38. The number of aromatic nitrogens is 3. The Kier molecular flexibility index (Phi) is 4.88. The monoisotopic (exact) mass is 393 g/mol. The Hall–Kier alpha value is -2.03. The molecule has 1 aliphatic heterocycles. The highest BCUT2D eigenvalue weighted by molar-refractivity contribution is 7.22. The minimum Gasteiger partial charge on any atom is -0.471 e. The van der Waals surface area contributed by atoms with E-state index in [1.165, 1.54) is 23.7 Å². The van der Waals surface area contributed by atoms with Gasteiger partial charge in [0.1, 0.15) is 28.8 Å². The largest absolute Gasteiger partial charge is 0.471 e. The number of halogens is 2. The molecule has 26 heavy (non-hydrogen) atoms. The smallest absolute Gasteiger partial charge is 0.240 e. The third-order valence-corrected chi connectivity index (χ3v) is 5.78. The number of hydrogen-bond donors (Lipinski definition) is 2. The lowest BCUT2D eigenvalue weighted by atomic mass is 10.1. The van der Waals surface area contributed by atoms with Crippen LogP contribution in [0.25, 0.3) is 10.2 Å². The minimum atomic E-state index is -0.586. The molecule has 9 heteroatoms. The second kappa shape index (κ2) is 7.30. The Bertz CT molecular complexity index is 944. The molecule has 0 amide bonds. The van der Waals surface area contributed by atoms with Crippen LogP contribution < -0.4 is 15.4 Å². The molecule has 4 rings (SSSR count). The normalized spacial score (nSPS) is 17.4. The van der Waals surface area contributed by atoms with E-state index in [0.717, 1.165) is 35.2 Å². The second-order valence-electron chi connectivity index (χ2n) is 6.10. The van der Waals surface area contributed by atoms with E-state index in [2.05, 4.69) is 25.6 Å². The molecule has 0 saturated carbocycles. The van der Waals surface area contributed by atoms with Gasteiger partial charge in [-0.1, -0.05) is 11.6 Å². The van der Waals surface area contributed by atoms with Crippen LogP contribution in [0.4, 0.5) is 15.9 Å². The van der Waals surface area contributed by atoms with Crippen molar-refractivity contribution >= 4 is 44.7 Å². The predicted molar refractivity (Wildman–Crippen MR) is 101 cm³/mol. The summed E-state index contributed by atoms with van der Waals surface area (Å²) in [4.78, 5) is 13.3. The topological polar surface area (TPSA) is 72.0 Å². The summed E-state index contributed by atoms with van der Waals surface area (Å²) in [5, 5.41) is 7.33. The lowest BCUT2D eigenvalue weighted by molar-refractivity contribution is 0.160. The third kappa shape index (κ3) is 3.44. The molecule has 136 valence electrons. The molecule has 0 aliphatic carbocycles. The number of ether oxygens (including phenoxy) is 1. The van der Waals surface area contributed by atoms with Crippen molar-refractivity contribution in [1.29, 1.82) is 0 Å². The SMILES string of the molecule is Cc1c(Cl)sc2ncnc(Nc3ccc(F)nc3O[C@@H]3CCCNC3)c12. The van der Waals surface area contributed by atoms with E-state index < -0.39 is 5.95 Å². The summed E-state index contributed by atoms with van der Waals surface area (Å²) in [6.45, 7) is 3.61. The van der Waals surface area contributed by atoms with Crippen LogP contribution in [-0.2, 0) is 0 Å². The van der Waals surface area contributed by atoms with Crippen molar-refractivity contribution < 1.29 is 9.13 Å². The van der Waals surface area contributed by atoms with Crippen molar-refractivity contribution in [3.63, 3.8) is 0 Å². The summed E-state index contributed by atoms with van der Waals surface area (Å²) in [6.07, 6.45) is 3.35. The number of anilines is 2. The van der Waals surface area contributed by atoms with E-state index in [-0.39, 0.29) is 12.0 Å². The van der Waals surface area contributed by atoms with Crippen LogP contribution in [0, 0.1) is 12.9 Å². The van der Waals surface area contributed by atoms with Gasteiger partial charge in [-0.25, -0.2) is 9.97 Å². The Morgan fingerprint density at radius 2 is 2.27 bits per heavy atom. The van der Waals surface area contributed by atoms with Gasteiger partial charge >= 0.3 is 0 Å². The average Bonchev–Trinajstić information content (AvgIpc) is 2.93. The van der Waals surface area contributed by atoms with Gasteiger partial charge < -0.3 is 15.4 Å². The highest BCUT2D eigenvalue weighted by Gasteiger charge is 2.19. The van der Waals surface area contributed by atoms with Crippen LogP contribution >= 0.6 is 22.9 Å². The summed E-state index contributed by atoms with van der Waals surface area (Å²) in [7, 11) is 0. The number of rotatable bonds is 4. The lowest BCUT2D eigenvalue weighted by Gasteiger charge is -2.24. The molecular formula is C17H17ClFN5OS. The number of nitrogens with zero attached hydrogens (tertiary/aromatic N) is 3. The van der Waals surface area contributed by atoms with Crippen LogP contribution in [-0.4, -0.2) is 34.1 Å². The quantitative estimate of drug-likeness (QED) is 0.651. The molecule has 2 N–H and O–H groups in total. The molecule has 1 aliphatic rings. The van der Waals surface area contributed by atoms with Crippen LogP contribution in [0.1, 0.15) is 18.4 Å². The Morgan fingerprint density at radius 1 is 1.38 bits per heavy atom. The fourth-order valence-electron chi connectivity index (χ4n) is 2.95. The summed E-state index contributed by atoms with van der Waals surface area (Å²) < 4.78 is 20.3. The van der Waals surface area contributed by atoms with Gasteiger partial charge in [0.25, 0.3) is 0 Å². The first kappa shape index (κ1) is 17.4. The highest BCUT2D eigenvalue weighted by atomic mass is 35.5. The van der Waals surface area contributed by atoms with Crippen molar-refractivity contribution in [3.05, 3.63) is 34.3 Å². The van der Waals surface area contributed by atoms with Crippen molar-refractivity contribution in [2.45, 2.75) is 25.9 Å². The maximum Gasteiger partial charge on any atom is 0.240 e. The maximum atomic E-state index is 13.7. The molecule has 1 atom stereocenters. The first-order chi connectivity index (χ1) is 12.6.